The molecule has 1 amide bonds. The Morgan fingerprint density at radius 1 is 1.07 bits per heavy atom. The molecule has 1 heterocycles. The molecule has 0 fully saturated rings. The molecule has 6 nitrogen and oxygen atoms in total. The summed E-state index contributed by atoms with van der Waals surface area (Å²) >= 11 is 0. The third-order valence-electron chi connectivity index (χ3n) is 3.97. The summed E-state index contributed by atoms with van der Waals surface area (Å²) in [6, 6.07) is 14.5. The van der Waals surface area contributed by atoms with Gasteiger partial charge in [-0.05, 0) is 23.3 Å². The van der Waals surface area contributed by atoms with E-state index in [4.69, 9.17) is 0 Å². The van der Waals surface area contributed by atoms with Crippen LogP contribution in [0.25, 0.3) is 0 Å². The average Bonchev–Trinajstić information content (AvgIpc) is 2.97. The lowest BCUT2D eigenvalue weighted by atomic mass is 9.98. The Morgan fingerprint density at radius 2 is 1.75 bits per heavy atom. The number of aromatic nitrogens is 2. The molecule has 2 aromatic carbocycles. The van der Waals surface area contributed by atoms with Crippen LogP contribution < -0.4 is 15.6 Å². The van der Waals surface area contributed by atoms with Crippen molar-refractivity contribution in [2.45, 2.75) is 12.4 Å². The van der Waals surface area contributed by atoms with Crippen LogP contribution in [0.4, 0.5) is 13.2 Å². The number of hydrogen-bond acceptors (Lipinski definition) is 3. The maximum Gasteiger partial charge on any atom is 0.573 e. The summed E-state index contributed by atoms with van der Waals surface area (Å²) in [5.74, 6) is -0.953. The molecular weight excluding hydrogens is 375 g/mol. The van der Waals surface area contributed by atoms with E-state index in [0.717, 1.165) is 6.07 Å². The van der Waals surface area contributed by atoms with Gasteiger partial charge in [-0.15, -0.1) is 13.2 Å². The zero-order chi connectivity index (χ0) is 20.3. The Hall–Kier alpha value is -3.49. The third kappa shape index (κ3) is 4.61. The smallest absolute Gasteiger partial charge is 0.406 e. The first-order valence-electron chi connectivity index (χ1n) is 8.20. The Kier molecular flexibility index (Phi) is 5.25. The normalized spacial score (nSPS) is 12.4. The summed E-state index contributed by atoms with van der Waals surface area (Å²) in [6.07, 6.45) is -4.83. The quantitative estimate of drug-likeness (QED) is 0.702. The lowest BCUT2D eigenvalue weighted by Gasteiger charge is -2.21. The van der Waals surface area contributed by atoms with Gasteiger partial charge in [-0.3, -0.25) is 19.4 Å². The Morgan fingerprint density at radius 3 is 2.36 bits per heavy atom. The minimum Gasteiger partial charge on any atom is -0.406 e. The van der Waals surface area contributed by atoms with Gasteiger partial charge < -0.3 is 10.1 Å². The number of H-pyrrole nitrogens is 1. The number of aryl methyl sites for hydroxylation is 1. The SMILES string of the molecule is Cn1[nH]c(=O)cc1C(=O)NC(c1ccccc1)c1cccc(OC(F)(F)F)c1. The van der Waals surface area contributed by atoms with Gasteiger partial charge in [0.05, 0.1) is 6.04 Å². The molecule has 3 rings (SSSR count). The molecule has 2 N–H and O–H groups in total. The zero-order valence-electron chi connectivity index (χ0n) is 14.7. The molecule has 9 heteroatoms. The monoisotopic (exact) mass is 391 g/mol. The number of hydrogen-bond donors (Lipinski definition) is 2. The molecule has 0 aliphatic rings. The molecule has 3 aromatic rings. The number of alkyl halides is 3. The van der Waals surface area contributed by atoms with Crippen LogP contribution >= 0.6 is 0 Å². The van der Waals surface area contributed by atoms with Gasteiger partial charge in [-0.25, -0.2) is 0 Å². The topological polar surface area (TPSA) is 76.1 Å². The molecule has 1 unspecified atom stereocenters. The standard InChI is InChI=1S/C19H16F3N3O3/c1-25-15(11-16(26)24-25)18(27)23-17(12-6-3-2-4-7-12)13-8-5-9-14(10-13)28-19(20,21)22/h2-11,17H,1H3,(H,23,27)(H,24,26). The molecule has 1 aromatic heterocycles. The van der Waals surface area contributed by atoms with Crippen molar-refractivity contribution in [1.82, 2.24) is 15.1 Å². The number of carbonyl (C=O) groups excluding carboxylic acids is 1. The molecule has 0 aliphatic heterocycles. The Balaban J connectivity index is 1.97. The van der Waals surface area contributed by atoms with Gasteiger partial charge in [0.2, 0.25) is 0 Å². The van der Waals surface area contributed by atoms with E-state index in [-0.39, 0.29) is 5.69 Å². The second kappa shape index (κ2) is 7.63. The second-order valence-electron chi connectivity index (χ2n) is 6.00. The maximum absolute atomic E-state index is 12.6. The molecular formula is C19H16F3N3O3. The largest absolute Gasteiger partial charge is 0.573 e. The summed E-state index contributed by atoms with van der Waals surface area (Å²) in [4.78, 5) is 24.1. The van der Waals surface area contributed by atoms with Crippen LogP contribution in [-0.2, 0) is 7.05 Å². The fourth-order valence-electron chi connectivity index (χ4n) is 2.80. The molecule has 0 saturated carbocycles. The molecule has 146 valence electrons. The fourth-order valence-corrected chi connectivity index (χ4v) is 2.80. The van der Waals surface area contributed by atoms with Crippen LogP contribution in [0.5, 0.6) is 5.75 Å². The van der Waals surface area contributed by atoms with E-state index in [0.29, 0.717) is 11.1 Å². The number of aromatic amines is 1. The molecule has 0 radical (unpaired) electrons. The first kappa shape index (κ1) is 19.3. The Labute approximate surface area is 157 Å². The molecule has 0 spiro atoms. The van der Waals surface area contributed by atoms with Crippen molar-refractivity contribution in [2.75, 3.05) is 0 Å². The van der Waals surface area contributed by atoms with Crippen molar-refractivity contribution in [2.24, 2.45) is 7.05 Å². The van der Waals surface area contributed by atoms with Crippen molar-refractivity contribution in [3.05, 3.63) is 87.8 Å². The van der Waals surface area contributed by atoms with Crippen LogP contribution in [0.15, 0.2) is 65.5 Å². The predicted molar refractivity (Wildman–Crippen MR) is 94.9 cm³/mol. The van der Waals surface area contributed by atoms with E-state index < -0.39 is 29.6 Å². The number of rotatable bonds is 5. The van der Waals surface area contributed by atoms with Gasteiger partial charge in [0.1, 0.15) is 11.4 Å². The van der Waals surface area contributed by atoms with E-state index in [1.807, 2.05) is 0 Å². The highest BCUT2D eigenvalue weighted by Crippen LogP contribution is 2.28. The third-order valence-corrected chi connectivity index (χ3v) is 3.97. The van der Waals surface area contributed by atoms with Crippen molar-refractivity contribution < 1.29 is 22.7 Å². The lowest BCUT2D eigenvalue weighted by molar-refractivity contribution is -0.274. The van der Waals surface area contributed by atoms with E-state index in [1.54, 1.807) is 36.4 Å². The number of halogens is 3. The van der Waals surface area contributed by atoms with E-state index in [9.17, 15) is 22.8 Å². The Bertz CT molecular complexity index is 1030. The van der Waals surface area contributed by atoms with Gasteiger partial charge in [-0.2, -0.15) is 0 Å². The van der Waals surface area contributed by atoms with Gasteiger partial charge in [-0.1, -0.05) is 42.5 Å². The zero-order valence-corrected chi connectivity index (χ0v) is 14.7. The number of nitrogens with zero attached hydrogens (tertiary/aromatic N) is 1. The molecule has 0 aliphatic carbocycles. The van der Waals surface area contributed by atoms with Crippen molar-refractivity contribution in [1.29, 1.82) is 0 Å². The van der Waals surface area contributed by atoms with E-state index >= 15 is 0 Å². The van der Waals surface area contributed by atoms with Crippen molar-refractivity contribution in [3.8, 4) is 5.75 Å². The maximum atomic E-state index is 12.6. The molecule has 0 bridgehead atoms. The van der Waals surface area contributed by atoms with Crippen LogP contribution in [0.2, 0.25) is 0 Å². The molecule has 0 saturated heterocycles. The minimum atomic E-state index is -4.83. The summed E-state index contributed by atoms with van der Waals surface area (Å²) in [7, 11) is 1.51. The van der Waals surface area contributed by atoms with Gasteiger partial charge >= 0.3 is 6.36 Å². The first-order chi connectivity index (χ1) is 13.2. The number of nitrogens with one attached hydrogen (secondary N) is 2. The highest BCUT2D eigenvalue weighted by Gasteiger charge is 2.31. The number of ether oxygens (including phenoxy) is 1. The van der Waals surface area contributed by atoms with E-state index in [1.165, 1.54) is 29.9 Å². The van der Waals surface area contributed by atoms with Crippen molar-refractivity contribution in [3.63, 3.8) is 0 Å². The van der Waals surface area contributed by atoms with E-state index in [2.05, 4.69) is 15.2 Å². The summed E-state index contributed by atoms with van der Waals surface area (Å²) in [5.41, 5.74) is 0.695. The second-order valence-corrected chi connectivity index (χ2v) is 6.00. The summed E-state index contributed by atoms with van der Waals surface area (Å²) < 4.78 is 42.9. The van der Waals surface area contributed by atoms with Crippen molar-refractivity contribution >= 4 is 5.91 Å². The van der Waals surface area contributed by atoms with Crippen LogP contribution in [-0.4, -0.2) is 22.1 Å². The van der Waals surface area contributed by atoms with Gasteiger partial charge in [0, 0.05) is 13.1 Å². The number of amides is 1. The van der Waals surface area contributed by atoms with Crippen LogP contribution in [0, 0.1) is 0 Å². The summed E-state index contributed by atoms with van der Waals surface area (Å²) in [5, 5.41) is 5.19. The van der Waals surface area contributed by atoms with Gasteiger partial charge in [0.25, 0.3) is 11.5 Å². The minimum absolute atomic E-state index is 0.0913. The average molecular weight is 391 g/mol. The van der Waals surface area contributed by atoms with Crippen LogP contribution in [0.1, 0.15) is 27.7 Å². The summed E-state index contributed by atoms with van der Waals surface area (Å²) in [6.45, 7) is 0. The highest BCUT2D eigenvalue weighted by molar-refractivity contribution is 5.93. The molecule has 1 atom stereocenters. The highest BCUT2D eigenvalue weighted by atomic mass is 19.4. The lowest BCUT2D eigenvalue weighted by Crippen LogP contribution is -2.31. The number of benzene rings is 2. The number of carbonyl (C=O) groups is 1. The van der Waals surface area contributed by atoms with Crippen LogP contribution in [0.3, 0.4) is 0 Å². The predicted octanol–water partition coefficient (Wildman–Crippen LogP) is 3.13. The first-order valence-corrected chi connectivity index (χ1v) is 8.20. The molecule has 28 heavy (non-hydrogen) atoms. The van der Waals surface area contributed by atoms with Gasteiger partial charge in [0.15, 0.2) is 0 Å². The fraction of sp³-hybridized carbons (Fsp3) is 0.158.